The van der Waals surface area contributed by atoms with Gasteiger partial charge >= 0.3 is 5.97 Å². The molecule has 0 spiro atoms. The summed E-state index contributed by atoms with van der Waals surface area (Å²) in [7, 11) is 1.67. The molecule has 3 heteroatoms. The first-order valence-corrected chi connectivity index (χ1v) is 8.65. The predicted molar refractivity (Wildman–Crippen MR) is 102 cm³/mol. The fourth-order valence-corrected chi connectivity index (χ4v) is 3.19. The van der Waals surface area contributed by atoms with E-state index in [9.17, 15) is 4.79 Å². The molecule has 0 N–H and O–H groups in total. The lowest BCUT2D eigenvalue weighted by atomic mass is 9.82. The molecule has 134 valence electrons. The van der Waals surface area contributed by atoms with Crippen molar-refractivity contribution in [3.63, 3.8) is 0 Å². The van der Waals surface area contributed by atoms with Gasteiger partial charge in [-0.25, -0.2) is 0 Å². The van der Waals surface area contributed by atoms with Crippen LogP contribution < -0.4 is 4.74 Å². The average Bonchev–Trinajstić information content (AvgIpc) is 2.53. The second-order valence-corrected chi connectivity index (χ2v) is 7.09. The number of rotatable bonds is 5. The second-order valence-electron chi connectivity index (χ2n) is 7.09. The fourth-order valence-electron chi connectivity index (χ4n) is 3.19. The van der Waals surface area contributed by atoms with E-state index < -0.39 is 5.41 Å². The monoisotopic (exact) mass is 340 g/mol. The number of aryl methyl sites for hydroxylation is 3. The van der Waals surface area contributed by atoms with Crippen molar-refractivity contribution in [3.05, 3.63) is 52.6 Å². The first-order valence-electron chi connectivity index (χ1n) is 8.65. The molecule has 0 amide bonds. The molecule has 2 rings (SSSR count). The van der Waals surface area contributed by atoms with Crippen molar-refractivity contribution >= 4 is 5.97 Å². The Hall–Kier alpha value is -2.29. The van der Waals surface area contributed by atoms with Crippen LogP contribution in [0.4, 0.5) is 0 Å². The third kappa shape index (κ3) is 3.87. The minimum Gasteiger partial charge on any atom is -0.496 e. The number of carbonyl (C=O) groups is 1. The lowest BCUT2D eigenvalue weighted by molar-refractivity contribution is -0.148. The van der Waals surface area contributed by atoms with Crippen LogP contribution in [0.25, 0.3) is 11.1 Å². The molecule has 0 aliphatic rings. The highest BCUT2D eigenvalue weighted by Gasteiger charge is 2.32. The molecule has 0 saturated heterocycles. The van der Waals surface area contributed by atoms with E-state index in [0.29, 0.717) is 6.61 Å². The summed E-state index contributed by atoms with van der Waals surface area (Å²) in [5, 5.41) is 0. The summed E-state index contributed by atoms with van der Waals surface area (Å²) >= 11 is 0. The van der Waals surface area contributed by atoms with Crippen LogP contribution in [0.15, 0.2) is 30.3 Å². The van der Waals surface area contributed by atoms with Gasteiger partial charge in [0.2, 0.25) is 0 Å². The largest absolute Gasteiger partial charge is 0.496 e. The van der Waals surface area contributed by atoms with E-state index in [1.165, 1.54) is 11.1 Å². The second kappa shape index (κ2) is 7.30. The minimum absolute atomic E-state index is 0.226. The lowest BCUT2D eigenvalue weighted by Gasteiger charge is -2.25. The Labute approximate surface area is 151 Å². The number of carbonyl (C=O) groups excluding carboxylic acids is 1. The Morgan fingerprint density at radius 1 is 1.00 bits per heavy atom. The number of hydrogen-bond donors (Lipinski definition) is 0. The van der Waals surface area contributed by atoms with Crippen molar-refractivity contribution in [1.82, 2.24) is 0 Å². The molecule has 2 aromatic carbocycles. The number of benzene rings is 2. The molecule has 0 fully saturated rings. The molecule has 0 bridgehead atoms. The van der Waals surface area contributed by atoms with Crippen molar-refractivity contribution < 1.29 is 14.3 Å². The van der Waals surface area contributed by atoms with Gasteiger partial charge < -0.3 is 9.47 Å². The molecule has 0 aromatic heterocycles. The van der Waals surface area contributed by atoms with Gasteiger partial charge in [0.15, 0.2) is 0 Å². The van der Waals surface area contributed by atoms with E-state index in [2.05, 4.69) is 45.0 Å². The van der Waals surface area contributed by atoms with E-state index in [4.69, 9.17) is 9.47 Å². The molecule has 0 unspecified atom stereocenters. The van der Waals surface area contributed by atoms with Crippen LogP contribution in [0.3, 0.4) is 0 Å². The molecule has 0 heterocycles. The zero-order valence-corrected chi connectivity index (χ0v) is 16.3. The number of ether oxygens (including phenoxy) is 2. The standard InChI is InChI=1S/C22H28O3/c1-8-25-21(23)22(5,6)18-12-16(4)20(19(13-18)24-7)17-10-14(2)9-15(3)11-17/h9-13H,8H2,1-7H3. The minimum atomic E-state index is -0.727. The van der Waals surface area contributed by atoms with Crippen LogP contribution in [0, 0.1) is 20.8 Å². The number of methoxy groups -OCH3 is 1. The smallest absolute Gasteiger partial charge is 0.315 e. The van der Waals surface area contributed by atoms with E-state index >= 15 is 0 Å². The summed E-state index contributed by atoms with van der Waals surface area (Å²) in [4.78, 5) is 12.4. The average molecular weight is 340 g/mol. The highest BCUT2D eigenvalue weighted by molar-refractivity contribution is 5.84. The summed E-state index contributed by atoms with van der Waals surface area (Å²) in [6.45, 7) is 12.2. The summed E-state index contributed by atoms with van der Waals surface area (Å²) < 4.78 is 10.9. The van der Waals surface area contributed by atoms with Gasteiger partial charge in [0.1, 0.15) is 5.75 Å². The van der Waals surface area contributed by atoms with Crippen LogP contribution in [-0.4, -0.2) is 19.7 Å². The van der Waals surface area contributed by atoms with Crippen LogP contribution in [-0.2, 0) is 14.9 Å². The number of esters is 1. The van der Waals surface area contributed by atoms with Crippen molar-refractivity contribution in [1.29, 1.82) is 0 Å². The molecule has 2 aromatic rings. The van der Waals surface area contributed by atoms with Crippen LogP contribution in [0.2, 0.25) is 0 Å². The maximum Gasteiger partial charge on any atom is 0.315 e. The fraction of sp³-hybridized carbons (Fsp3) is 0.409. The third-order valence-corrected chi connectivity index (χ3v) is 4.54. The molecule has 0 aliphatic carbocycles. The summed E-state index contributed by atoms with van der Waals surface area (Å²) in [6, 6.07) is 10.5. The lowest BCUT2D eigenvalue weighted by Crippen LogP contribution is -2.31. The van der Waals surface area contributed by atoms with Gasteiger partial charge in [-0.1, -0.05) is 35.4 Å². The van der Waals surface area contributed by atoms with E-state index in [1.54, 1.807) is 7.11 Å². The Morgan fingerprint density at radius 2 is 1.60 bits per heavy atom. The predicted octanol–water partition coefficient (Wildman–Crippen LogP) is 5.13. The van der Waals surface area contributed by atoms with Crippen molar-refractivity contribution in [2.24, 2.45) is 0 Å². The zero-order valence-electron chi connectivity index (χ0n) is 16.3. The first-order chi connectivity index (χ1) is 11.7. The van der Waals surface area contributed by atoms with Gasteiger partial charge in [0.25, 0.3) is 0 Å². The maximum absolute atomic E-state index is 12.4. The van der Waals surface area contributed by atoms with Crippen molar-refractivity contribution in [2.45, 2.75) is 47.0 Å². The maximum atomic E-state index is 12.4. The molecular formula is C22H28O3. The van der Waals surface area contributed by atoms with Gasteiger partial charge in [-0.2, -0.15) is 0 Å². The summed E-state index contributed by atoms with van der Waals surface area (Å²) in [5.41, 5.74) is 5.88. The van der Waals surface area contributed by atoms with Crippen molar-refractivity contribution in [3.8, 4) is 16.9 Å². The Bertz CT molecular complexity index is 768. The van der Waals surface area contributed by atoms with Crippen LogP contribution >= 0.6 is 0 Å². The van der Waals surface area contributed by atoms with E-state index in [1.807, 2.05) is 26.8 Å². The first kappa shape index (κ1) is 19.0. The molecule has 0 atom stereocenters. The Balaban J connectivity index is 2.61. The molecule has 0 aliphatic heterocycles. The zero-order chi connectivity index (χ0) is 18.8. The van der Waals surface area contributed by atoms with Crippen LogP contribution in [0.5, 0.6) is 5.75 Å². The molecule has 3 nitrogen and oxygen atoms in total. The number of hydrogen-bond acceptors (Lipinski definition) is 3. The van der Waals surface area contributed by atoms with E-state index in [0.717, 1.165) is 28.0 Å². The summed E-state index contributed by atoms with van der Waals surface area (Å²) in [6.07, 6.45) is 0. The Kier molecular flexibility index (Phi) is 5.56. The molecular weight excluding hydrogens is 312 g/mol. The SMILES string of the molecule is CCOC(=O)C(C)(C)c1cc(C)c(-c2cc(C)cc(C)c2)c(OC)c1. The molecule has 25 heavy (non-hydrogen) atoms. The molecule has 0 radical (unpaired) electrons. The van der Waals surface area contributed by atoms with Gasteiger partial charge in [0.05, 0.1) is 19.1 Å². The summed E-state index contributed by atoms with van der Waals surface area (Å²) in [5.74, 6) is 0.549. The normalized spacial score (nSPS) is 11.3. The van der Waals surface area contributed by atoms with Crippen LogP contribution in [0.1, 0.15) is 43.0 Å². The van der Waals surface area contributed by atoms with Gasteiger partial charge in [0, 0.05) is 5.56 Å². The molecule has 0 saturated carbocycles. The highest BCUT2D eigenvalue weighted by Crippen LogP contribution is 2.38. The highest BCUT2D eigenvalue weighted by atomic mass is 16.5. The quantitative estimate of drug-likeness (QED) is 0.708. The van der Waals surface area contributed by atoms with Gasteiger partial charge in [-0.05, 0) is 64.3 Å². The van der Waals surface area contributed by atoms with Gasteiger partial charge in [-0.3, -0.25) is 4.79 Å². The van der Waals surface area contributed by atoms with Crippen molar-refractivity contribution in [2.75, 3.05) is 13.7 Å². The third-order valence-electron chi connectivity index (χ3n) is 4.54. The van der Waals surface area contributed by atoms with E-state index in [-0.39, 0.29) is 5.97 Å². The van der Waals surface area contributed by atoms with Gasteiger partial charge in [-0.15, -0.1) is 0 Å². The topological polar surface area (TPSA) is 35.5 Å². The Morgan fingerprint density at radius 3 is 2.12 bits per heavy atom.